The average Bonchev–Trinajstić information content (AvgIpc) is 2.38. The van der Waals surface area contributed by atoms with Gasteiger partial charge in [-0.1, -0.05) is 26.0 Å². The van der Waals surface area contributed by atoms with Crippen LogP contribution in [0.25, 0.3) is 0 Å². The number of nitrogens with two attached hydrogens (primary N) is 1. The summed E-state index contributed by atoms with van der Waals surface area (Å²) in [7, 11) is 0. The Hall–Kier alpha value is -2.15. The van der Waals surface area contributed by atoms with Crippen molar-refractivity contribution in [2.24, 2.45) is 5.73 Å². The van der Waals surface area contributed by atoms with Gasteiger partial charge in [0.1, 0.15) is 0 Å². The molecule has 0 aliphatic heterocycles. The fourth-order valence-electron chi connectivity index (χ4n) is 1.59. The maximum Gasteiger partial charge on any atom is 0.318 e. The zero-order valence-corrected chi connectivity index (χ0v) is 12.3. The van der Waals surface area contributed by atoms with Gasteiger partial charge < -0.3 is 15.8 Å². The summed E-state index contributed by atoms with van der Waals surface area (Å²) in [6.07, 6.45) is -1.05. The van der Waals surface area contributed by atoms with E-state index in [-0.39, 0.29) is 11.8 Å². The zero-order valence-electron chi connectivity index (χ0n) is 12.3. The summed E-state index contributed by atoms with van der Waals surface area (Å²) >= 11 is 0. The van der Waals surface area contributed by atoms with Crippen molar-refractivity contribution in [3.8, 4) is 5.75 Å². The molecule has 0 fully saturated rings. The van der Waals surface area contributed by atoms with Crippen LogP contribution in [0, 0.1) is 5.82 Å². The smallest absolute Gasteiger partial charge is 0.318 e. The van der Waals surface area contributed by atoms with Crippen molar-refractivity contribution in [1.82, 2.24) is 10.6 Å². The molecule has 1 aromatic carbocycles. The van der Waals surface area contributed by atoms with Crippen LogP contribution >= 0.6 is 0 Å². The first kappa shape index (κ1) is 16.9. The van der Waals surface area contributed by atoms with E-state index in [1.807, 2.05) is 19.2 Å². The van der Waals surface area contributed by atoms with Gasteiger partial charge in [-0.05, 0) is 13.0 Å². The third-order valence-electron chi connectivity index (χ3n) is 2.66. The number of hydrogen-bond donors (Lipinski definition) is 3. The highest BCUT2D eigenvalue weighted by Crippen LogP contribution is 2.24. The Morgan fingerprint density at radius 1 is 1.33 bits per heavy atom. The van der Waals surface area contributed by atoms with Crippen LogP contribution in [-0.2, 0) is 11.3 Å². The van der Waals surface area contributed by atoms with Crippen molar-refractivity contribution in [2.45, 2.75) is 39.5 Å². The lowest BCUT2D eigenvalue weighted by Gasteiger charge is -2.18. The highest BCUT2D eigenvalue weighted by atomic mass is 19.1. The molecule has 0 radical (unpaired) electrons. The highest BCUT2D eigenvalue weighted by molar-refractivity contribution is 5.95. The van der Waals surface area contributed by atoms with Gasteiger partial charge in [0.2, 0.25) is 0 Å². The maximum absolute atomic E-state index is 13.9. The van der Waals surface area contributed by atoms with Crippen LogP contribution in [-0.4, -0.2) is 24.1 Å². The second-order valence-corrected chi connectivity index (χ2v) is 4.88. The predicted octanol–water partition coefficient (Wildman–Crippen LogP) is 1.29. The standard InChI is InChI=1S/C14H20FN3O3/c1-8(2)17-7-10-5-4-6-11(15)12(10)21-9(3)13(19)18-14(16)20/h4-6,8-9,17H,7H2,1-3H3,(H3,16,18,19,20). The van der Waals surface area contributed by atoms with Gasteiger partial charge >= 0.3 is 6.03 Å². The number of rotatable bonds is 6. The van der Waals surface area contributed by atoms with Gasteiger partial charge in [0.15, 0.2) is 17.7 Å². The lowest BCUT2D eigenvalue weighted by molar-refractivity contribution is -0.126. The number of benzene rings is 1. The first-order chi connectivity index (χ1) is 9.81. The van der Waals surface area contributed by atoms with Crippen LogP contribution < -0.4 is 21.1 Å². The fraction of sp³-hybridized carbons (Fsp3) is 0.429. The number of carbonyl (C=O) groups excluding carboxylic acids is 2. The molecule has 21 heavy (non-hydrogen) atoms. The Bertz CT molecular complexity index is 520. The minimum atomic E-state index is -1.05. The summed E-state index contributed by atoms with van der Waals surface area (Å²) in [4.78, 5) is 22.2. The molecular weight excluding hydrogens is 277 g/mol. The van der Waals surface area contributed by atoms with Crippen molar-refractivity contribution < 1.29 is 18.7 Å². The largest absolute Gasteiger partial charge is 0.477 e. The maximum atomic E-state index is 13.9. The molecule has 0 spiro atoms. The molecule has 1 unspecified atom stereocenters. The van der Waals surface area contributed by atoms with E-state index in [1.165, 1.54) is 13.0 Å². The molecule has 6 nitrogen and oxygen atoms in total. The number of halogens is 1. The second kappa shape index (κ2) is 7.58. The molecule has 0 aliphatic carbocycles. The van der Waals surface area contributed by atoms with E-state index in [0.717, 1.165) is 0 Å². The molecule has 0 heterocycles. The average molecular weight is 297 g/mol. The first-order valence-electron chi connectivity index (χ1n) is 6.59. The quantitative estimate of drug-likeness (QED) is 0.737. The van der Waals surface area contributed by atoms with Gasteiger partial charge in [0.25, 0.3) is 5.91 Å². The monoisotopic (exact) mass is 297 g/mol. The van der Waals surface area contributed by atoms with E-state index in [2.05, 4.69) is 5.32 Å². The van der Waals surface area contributed by atoms with Gasteiger partial charge in [-0.2, -0.15) is 0 Å². The highest BCUT2D eigenvalue weighted by Gasteiger charge is 2.20. The zero-order chi connectivity index (χ0) is 16.0. The van der Waals surface area contributed by atoms with Crippen LogP contribution in [0.2, 0.25) is 0 Å². The van der Waals surface area contributed by atoms with Crippen molar-refractivity contribution in [1.29, 1.82) is 0 Å². The molecule has 0 aromatic heterocycles. The van der Waals surface area contributed by atoms with E-state index >= 15 is 0 Å². The summed E-state index contributed by atoms with van der Waals surface area (Å²) in [6.45, 7) is 5.73. The lowest BCUT2D eigenvalue weighted by Crippen LogP contribution is -2.42. The van der Waals surface area contributed by atoms with Crippen LogP contribution in [0.15, 0.2) is 18.2 Å². The summed E-state index contributed by atoms with van der Waals surface area (Å²) in [6, 6.07) is 3.75. The molecule has 0 bridgehead atoms. The molecule has 116 valence electrons. The molecule has 0 aliphatic rings. The van der Waals surface area contributed by atoms with E-state index in [0.29, 0.717) is 12.1 Å². The minimum Gasteiger partial charge on any atom is -0.477 e. The van der Waals surface area contributed by atoms with Crippen LogP contribution in [0.3, 0.4) is 0 Å². The third-order valence-corrected chi connectivity index (χ3v) is 2.66. The number of carbonyl (C=O) groups is 2. The first-order valence-corrected chi connectivity index (χ1v) is 6.59. The number of amides is 3. The molecule has 4 N–H and O–H groups in total. The molecule has 0 saturated heterocycles. The number of hydrogen-bond acceptors (Lipinski definition) is 4. The molecule has 1 rings (SSSR count). The number of ether oxygens (including phenoxy) is 1. The van der Waals surface area contributed by atoms with Crippen LogP contribution in [0.1, 0.15) is 26.3 Å². The number of nitrogens with one attached hydrogen (secondary N) is 2. The van der Waals surface area contributed by atoms with Gasteiger partial charge in [-0.25, -0.2) is 9.18 Å². The summed E-state index contributed by atoms with van der Waals surface area (Å²) in [5, 5.41) is 5.03. The Kier molecular flexibility index (Phi) is 6.10. The van der Waals surface area contributed by atoms with Gasteiger partial charge in [0, 0.05) is 18.2 Å². The SMILES string of the molecule is CC(C)NCc1cccc(F)c1OC(C)C(=O)NC(N)=O. The topological polar surface area (TPSA) is 93.4 Å². The molecule has 7 heteroatoms. The van der Waals surface area contributed by atoms with Crippen molar-refractivity contribution >= 4 is 11.9 Å². The van der Waals surface area contributed by atoms with Crippen LogP contribution in [0.4, 0.5) is 9.18 Å². The van der Waals surface area contributed by atoms with E-state index in [4.69, 9.17) is 10.5 Å². The van der Waals surface area contributed by atoms with Crippen molar-refractivity contribution in [3.63, 3.8) is 0 Å². The molecular formula is C14H20FN3O3. The second-order valence-electron chi connectivity index (χ2n) is 4.88. The fourth-order valence-corrected chi connectivity index (χ4v) is 1.59. The Labute approximate surface area is 122 Å². The van der Waals surface area contributed by atoms with Crippen LogP contribution in [0.5, 0.6) is 5.75 Å². The van der Waals surface area contributed by atoms with Gasteiger partial charge in [0.05, 0.1) is 0 Å². The molecule has 1 atom stereocenters. The van der Waals surface area contributed by atoms with E-state index in [9.17, 15) is 14.0 Å². The van der Waals surface area contributed by atoms with Crippen molar-refractivity contribution in [2.75, 3.05) is 0 Å². The predicted molar refractivity (Wildman–Crippen MR) is 76.2 cm³/mol. The third kappa shape index (κ3) is 5.39. The van der Waals surface area contributed by atoms with E-state index < -0.39 is 23.9 Å². The van der Waals surface area contributed by atoms with Gasteiger partial charge in [-0.3, -0.25) is 10.1 Å². The Morgan fingerprint density at radius 2 is 2.00 bits per heavy atom. The summed E-state index contributed by atoms with van der Waals surface area (Å²) < 4.78 is 19.2. The van der Waals surface area contributed by atoms with Gasteiger partial charge in [-0.15, -0.1) is 0 Å². The minimum absolute atomic E-state index is 0.0160. The van der Waals surface area contributed by atoms with E-state index in [1.54, 1.807) is 12.1 Å². The summed E-state index contributed by atoms with van der Waals surface area (Å²) in [5.74, 6) is -1.32. The molecule has 1 aromatic rings. The lowest BCUT2D eigenvalue weighted by atomic mass is 10.1. The molecule has 3 amide bonds. The summed E-state index contributed by atoms with van der Waals surface area (Å²) in [5.41, 5.74) is 5.44. The normalized spacial score (nSPS) is 12.0. The Morgan fingerprint density at radius 3 is 2.57 bits per heavy atom. The molecule has 0 saturated carbocycles. The number of primary amides is 1. The number of imide groups is 1. The van der Waals surface area contributed by atoms with Crippen molar-refractivity contribution in [3.05, 3.63) is 29.6 Å². The number of urea groups is 1. The Balaban J connectivity index is 2.85. The number of para-hydroxylation sites is 1.